The number of ether oxygens (including phenoxy) is 2. The van der Waals surface area contributed by atoms with E-state index in [2.05, 4.69) is 15.6 Å². The molecule has 0 saturated heterocycles. The van der Waals surface area contributed by atoms with Crippen LogP contribution >= 0.6 is 0 Å². The summed E-state index contributed by atoms with van der Waals surface area (Å²) in [5, 5.41) is 21.1. The number of hydrogen-bond donors (Lipinski definition) is 5. The number of methoxy groups -OCH3 is 2. The van der Waals surface area contributed by atoms with Crippen molar-refractivity contribution < 1.29 is 24.8 Å². The summed E-state index contributed by atoms with van der Waals surface area (Å²) >= 11 is 0. The summed E-state index contributed by atoms with van der Waals surface area (Å²) in [6.45, 7) is 5.22. The second-order valence-corrected chi connectivity index (χ2v) is 7.43. The summed E-state index contributed by atoms with van der Waals surface area (Å²) < 4.78 is 10.7. The van der Waals surface area contributed by atoms with Gasteiger partial charge in [-0.15, -0.1) is 0 Å². The molecule has 1 aromatic heterocycles. The number of amides is 2. The molecule has 2 rings (SSSR count). The number of nitrogens with zero attached hydrogens (tertiary/aromatic N) is 1. The predicted molar refractivity (Wildman–Crippen MR) is 115 cm³/mol. The maximum Gasteiger partial charge on any atom is 0.370 e. The van der Waals surface area contributed by atoms with Crippen molar-refractivity contribution in [2.24, 2.45) is 0 Å². The van der Waals surface area contributed by atoms with Crippen LogP contribution in [-0.2, 0) is 21.6 Å². The highest BCUT2D eigenvalue weighted by atomic mass is 16.5. The molecule has 0 aliphatic heterocycles. The van der Waals surface area contributed by atoms with Crippen molar-refractivity contribution in [3.63, 3.8) is 0 Å². The summed E-state index contributed by atoms with van der Waals surface area (Å²) in [6.07, 6.45) is 0. The van der Waals surface area contributed by atoms with Crippen molar-refractivity contribution in [1.82, 2.24) is 10.3 Å². The van der Waals surface area contributed by atoms with Crippen LogP contribution in [0, 0.1) is 0 Å². The van der Waals surface area contributed by atoms with Gasteiger partial charge < -0.3 is 25.6 Å². The third-order valence-corrected chi connectivity index (χ3v) is 5.41. The fourth-order valence-corrected chi connectivity index (χ4v) is 3.11. The molecule has 2 aromatic rings. The van der Waals surface area contributed by atoms with Crippen LogP contribution < -0.4 is 21.8 Å². The number of benzene rings is 1. The molecule has 0 aliphatic carbocycles. The van der Waals surface area contributed by atoms with Crippen molar-refractivity contribution in [3.05, 3.63) is 53.2 Å². The van der Waals surface area contributed by atoms with Crippen molar-refractivity contribution in [1.29, 1.82) is 0 Å². The van der Waals surface area contributed by atoms with Crippen LogP contribution in [0.25, 0.3) is 0 Å². The molecule has 1 aromatic carbocycles. The molecule has 0 aliphatic rings. The van der Waals surface area contributed by atoms with Gasteiger partial charge >= 0.3 is 11.9 Å². The van der Waals surface area contributed by atoms with Crippen LogP contribution in [0.1, 0.15) is 37.6 Å². The topological polar surface area (TPSA) is 144 Å². The van der Waals surface area contributed by atoms with Crippen molar-refractivity contribution in [2.45, 2.75) is 38.5 Å². The molecule has 2 amide bonds. The number of carbonyl (C=O) groups is 1. The Bertz CT molecular complexity index is 917. The van der Waals surface area contributed by atoms with E-state index >= 15 is 0 Å². The van der Waals surface area contributed by atoms with E-state index in [1.807, 2.05) is 51.1 Å². The van der Waals surface area contributed by atoms with Gasteiger partial charge in [-0.1, -0.05) is 30.3 Å². The first-order valence-electron chi connectivity index (χ1n) is 9.36. The number of nitrogens with two attached hydrogens (primary N) is 2. The SMILES string of the molecule is COC(=[NH2+])c1c(N)cc(NC(=O)NC(C)(c2ccccc2)C(C)(C)OC)nc1CO. The average molecular weight is 417 g/mol. The third kappa shape index (κ3) is 4.52. The minimum absolute atomic E-state index is 0.0264. The zero-order chi connectivity index (χ0) is 22.5. The van der Waals surface area contributed by atoms with Gasteiger partial charge in [-0.2, -0.15) is 0 Å². The van der Waals surface area contributed by atoms with Crippen molar-refractivity contribution in [2.75, 3.05) is 25.3 Å². The highest BCUT2D eigenvalue weighted by Crippen LogP contribution is 2.35. The zero-order valence-electron chi connectivity index (χ0n) is 17.9. The van der Waals surface area contributed by atoms with Gasteiger partial charge in [0.15, 0.2) is 0 Å². The third-order valence-electron chi connectivity index (χ3n) is 5.41. The highest BCUT2D eigenvalue weighted by molar-refractivity contribution is 5.97. The predicted octanol–water partition coefficient (Wildman–Crippen LogP) is 0.770. The summed E-state index contributed by atoms with van der Waals surface area (Å²) in [5.74, 6) is 0.186. The van der Waals surface area contributed by atoms with Gasteiger partial charge in [0.1, 0.15) is 11.4 Å². The molecule has 162 valence electrons. The lowest BCUT2D eigenvalue weighted by Crippen LogP contribution is -2.59. The lowest BCUT2D eigenvalue weighted by atomic mass is 9.78. The Labute approximate surface area is 176 Å². The average Bonchev–Trinajstić information content (AvgIpc) is 2.72. The first kappa shape index (κ1) is 23.1. The first-order valence-corrected chi connectivity index (χ1v) is 9.36. The monoisotopic (exact) mass is 416 g/mol. The molecule has 0 saturated carbocycles. The molecule has 9 nitrogen and oxygen atoms in total. The van der Waals surface area contributed by atoms with E-state index in [9.17, 15) is 9.90 Å². The molecule has 1 unspecified atom stereocenters. The van der Waals surface area contributed by atoms with E-state index in [1.54, 1.807) is 7.11 Å². The minimum Gasteiger partial charge on any atom is -0.448 e. The lowest BCUT2D eigenvalue weighted by Gasteiger charge is -2.44. The number of urea groups is 1. The van der Waals surface area contributed by atoms with Gasteiger partial charge in [-0.25, -0.2) is 15.2 Å². The number of anilines is 2. The summed E-state index contributed by atoms with van der Waals surface area (Å²) in [5.41, 5.74) is 5.99. The fraction of sp³-hybridized carbons (Fsp3) is 0.381. The number of pyridine rings is 1. The largest absolute Gasteiger partial charge is 0.448 e. The smallest absolute Gasteiger partial charge is 0.370 e. The van der Waals surface area contributed by atoms with Crippen LogP contribution in [0.15, 0.2) is 36.4 Å². The number of nitrogens with one attached hydrogen (secondary N) is 2. The maximum atomic E-state index is 12.9. The van der Waals surface area contributed by atoms with Gasteiger partial charge in [0.25, 0.3) is 0 Å². The van der Waals surface area contributed by atoms with E-state index < -0.39 is 23.8 Å². The molecule has 30 heavy (non-hydrogen) atoms. The lowest BCUT2D eigenvalue weighted by molar-refractivity contribution is -0.135. The van der Waals surface area contributed by atoms with Crippen LogP contribution in [0.4, 0.5) is 16.3 Å². The summed E-state index contributed by atoms with van der Waals surface area (Å²) in [6, 6.07) is 10.4. The first-order chi connectivity index (χ1) is 14.1. The number of carbonyl (C=O) groups excluding carboxylic acids is 1. The Morgan fingerprint density at radius 2 is 1.87 bits per heavy atom. The van der Waals surface area contributed by atoms with Crippen LogP contribution in [0.5, 0.6) is 0 Å². The number of aliphatic hydroxyl groups is 1. The molecule has 1 atom stereocenters. The number of aliphatic hydroxyl groups excluding tert-OH is 1. The van der Waals surface area contributed by atoms with Crippen LogP contribution in [0.3, 0.4) is 0 Å². The fourth-order valence-electron chi connectivity index (χ4n) is 3.11. The Morgan fingerprint density at radius 1 is 1.23 bits per heavy atom. The summed E-state index contributed by atoms with van der Waals surface area (Å²) in [4.78, 5) is 17.1. The van der Waals surface area contributed by atoms with Crippen LogP contribution in [-0.4, -0.2) is 41.8 Å². The van der Waals surface area contributed by atoms with Gasteiger partial charge in [-0.3, -0.25) is 5.32 Å². The zero-order valence-corrected chi connectivity index (χ0v) is 17.9. The van der Waals surface area contributed by atoms with E-state index in [0.29, 0.717) is 5.56 Å². The van der Waals surface area contributed by atoms with Crippen molar-refractivity contribution >= 4 is 23.4 Å². The molecular weight excluding hydrogens is 386 g/mol. The maximum absolute atomic E-state index is 12.9. The van der Waals surface area contributed by atoms with E-state index in [-0.39, 0.29) is 23.1 Å². The quantitative estimate of drug-likeness (QED) is 0.333. The second kappa shape index (κ2) is 9.10. The molecule has 9 heteroatoms. The molecule has 1 heterocycles. The molecular formula is C21H30N5O4+. The standard InChI is InChI=1S/C21H29N5O4/c1-20(2,30-5)21(3,13-9-7-6-8-10-13)26-19(28)25-16-11-14(22)17(18(23)29-4)15(12-27)24-16/h6-11,23,27H,12H2,1-5H3,(H4,22,24,25,26,28)/p+1. The van der Waals surface area contributed by atoms with Gasteiger partial charge in [0, 0.05) is 13.2 Å². The molecule has 0 radical (unpaired) electrons. The number of nitrogen functional groups attached to an aromatic ring is 1. The van der Waals surface area contributed by atoms with E-state index in [0.717, 1.165) is 5.56 Å². The van der Waals surface area contributed by atoms with Crippen LogP contribution in [0.2, 0.25) is 0 Å². The van der Waals surface area contributed by atoms with E-state index in [4.69, 9.17) is 20.6 Å². The van der Waals surface area contributed by atoms with Gasteiger partial charge in [-0.05, 0) is 26.3 Å². The number of hydrogen-bond acceptors (Lipinski definition) is 6. The molecule has 0 bridgehead atoms. The Kier molecular flexibility index (Phi) is 7.01. The summed E-state index contributed by atoms with van der Waals surface area (Å²) in [7, 11) is 2.98. The minimum atomic E-state index is -0.868. The molecule has 0 spiro atoms. The van der Waals surface area contributed by atoms with E-state index in [1.165, 1.54) is 13.2 Å². The molecule has 0 fully saturated rings. The number of rotatable bonds is 7. The van der Waals surface area contributed by atoms with Crippen molar-refractivity contribution in [3.8, 4) is 0 Å². The van der Waals surface area contributed by atoms with Gasteiger partial charge in [0.05, 0.1) is 36.2 Å². The normalized spacial score (nSPS) is 13.3. The highest BCUT2D eigenvalue weighted by Gasteiger charge is 2.44. The second-order valence-electron chi connectivity index (χ2n) is 7.43. The Hall–Kier alpha value is -3.17. The Balaban J connectivity index is 2.35. The Morgan fingerprint density at radius 3 is 2.40 bits per heavy atom. The number of aromatic nitrogens is 1. The van der Waals surface area contributed by atoms with Gasteiger partial charge in [0.2, 0.25) is 0 Å². The molecule has 7 N–H and O–H groups in total.